The van der Waals surface area contributed by atoms with E-state index in [-0.39, 0.29) is 18.0 Å². The number of halogens is 2. The molecule has 1 amide bonds. The first kappa shape index (κ1) is 21.3. The Kier molecular flexibility index (Phi) is 6.92. The molecule has 0 aliphatic heterocycles. The Morgan fingerprint density at radius 3 is 1.97 bits per heavy atom. The van der Waals surface area contributed by atoms with E-state index in [0.29, 0.717) is 15.7 Å². The highest BCUT2D eigenvalue weighted by Gasteiger charge is 2.27. The van der Waals surface area contributed by atoms with Gasteiger partial charge in [-0.3, -0.25) is 4.79 Å². The Hall–Kier alpha value is -2.38. The number of hydrogen-bond acceptors (Lipinski definition) is 3. The number of benzene rings is 3. The number of amides is 1. The predicted molar refractivity (Wildman–Crippen MR) is 116 cm³/mol. The van der Waals surface area contributed by atoms with E-state index in [4.69, 9.17) is 23.2 Å². The van der Waals surface area contributed by atoms with Crippen molar-refractivity contribution in [2.45, 2.75) is 11.4 Å². The van der Waals surface area contributed by atoms with E-state index in [1.165, 1.54) is 24.3 Å². The molecule has 0 heterocycles. The van der Waals surface area contributed by atoms with E-state index in [2.05, 4.69) is 5.32 Å². The van der Waals surface area contributed by atoms with Crippen LogP contribution in [-0.4, -0.2) is 25.2 Å². The highest BCUT2D eigenvalue weighted by Crippen LogP contribution is 2.21. The second kappa shape index (κ2) is 9.41. The molecule has 0 radical (unpaired) electrons. The summed E-state index contributed by atoms with van der Waals surface area (Å²) in [6.07, 6.45) is 0. The summed E-state index contributed by atoms with van der Waals surface area (Å²) >= 11 is 11.7. The average molecular weight is 449 g/mol. The molecule has 3 aromatic carbocycles. The Morgan fingerprint density at radius 2 is 1.38 bits per heavy atom. The maximum absolute atomic E-state index is 13.2. The van der Waals surface area contributed by atoms with E-state index in [1.807, 2.05) is 30.3 Å². The normalized spacial score (nSPS) is 11.4. The van der Waals surface area contributed by atoms with Crippen LogP contribution in [0.4, 0.5) is 5.69 Å². The molecule has 0 fully saturated rings. The van der Waals surface area contributed by atoms with Crippen LogP contribution in [0, 0.1) is 0 Å². The Balaban J connectivity index is 1.85. The minimum atomic E-state index is -3.92. The number of nitrogens with zero attached hydrogens (tertiary/aromatic N) is 1. The highest BCUT2D eigenvalue weighted by molar-refractivity contribution is 7.89. The van der Waals surface area contributed by atoms with Gasteiger partial charge in [0, 0.05) is 22.3 Å². The van der Waals surface area contributed by atoms with Gasteiger partial charge in [0.25, 0.3) is 0 Å². The van der Waals surface area contributed by atoms with Gasteiger partial charge in [0.15, 0.2) is 0 Å². The van der Waals surface area contributed by atoms with Gasteiger partial charge in [-0.15, -0.1) is 0 Å². The molecule has 150 valence electrons. The standard InChI is InChI=1S/C21H18Cl2N2O3S/c22-17-6-10-19(11-7-17)24-21(26)15-25(14-16-4-2-1-3-5-16)29(27,28)20-12-8-18(23)9-13-20/h1-13H,14-15H2,(H,24,26). The van der Waals surface area contributed by atoms with Crippen LogP contribution in [0.5, 0.6) is 0 Å². The van der Waals surface area contributed by atoms with Gasteiger partial charge in [0.1, 0.15) is 0 Å². The van der Waals surface area contributed by atoms with Gasteiger partial charge < -0.3 is 5.32 Å². The average Bonchev–Trinajstić information content (AvgIpc) is 2.70. The molecular formula is C21H18Cl2N2O3S. The van der Waals surface area contributed by atoms with Crippen LogP contribution in [0.1, 0.15) is 5.56 Å². The van der Waals surface area contributed by atoms with Crippen molar-refractivity contribution in [3.63, 3.8) is 0 Å². The monoisotopic (exact) mass is 448 g/mol. The fourth-order valence-electron chi connectivity index (χ4n) is 2.66. The quantitative estimate of drug-likeness (QED) is 0.562. The summed E-state index contributed by atoms with van der Waals surface area (Å²) in [7, 11) is -3.92. The van der Waals surface area contributed by atoms with Gasteiger partial charge in [-0.25, -0.2) is 8.42 Å². The molecule has 0 spiro atoms. The van der Waals surface area contributed by atoms with Crippen molar-refractivity contribution in [2.24, 2.45) is 0 Å². The fraction of sp³-hybridized carbons (Fsp3) is 0.0952. The van der Waals surface area contributed by atoms with E-state index >= 15 is 0 Å². The fourth-order valence-corrected chi connectivity index (χ4v) is 4.30. The van der Waals surface area contributed by atoms with Crippen LogP contribution in [0.15, 0.2) is 83.8 Å². The third-order valence-electron chi connectivity index (χ3n) is 4.10. The van der Waals surface area contributed by atoms with Crippen molar-refractivity contribution in [3.05, 3.63) is 94.5 Å². The Morgan fingerprint density at radius 1 is 0.828 bits per heavy atom. The summed E-state index contributed by atoms with van der Waals surface area (Å²) < 4.78 is 27.5. The summed E-state index contributed by atoms with van der Waals surface area (Å²) in [4.78, 5) is 12.6. The van der Waals surface area contributed by atoms with Crippen molar-refractivity contribution in [1.82, 2.24) is 4.31 Å². The van der Waals surface area contributed by atoms with Gasteiger partial charge >= 0.3 is 0 Å². The van der Waals surface area contributed by atoms with Crippen LogP contribution in [0.25, 0.3) is 0 Å². The van der Waals surface area contributed by atoms with E-state index in [0.717, 1.165) is 9.87 Å². The molecule has 0 aliphatic carbocycles. The highest BCUT2D eigenvalue weighted by atomic mass is 35.5. The zero-order chi connectivity index (χ0) is 20.9. The minimum Gasteiger partial charge on any atom is -0.325 e. The largest absolute Gasteiger partial charge is 0.325 e. The number of anilines is 1. The van der Waals surface area contributed by atoms with E-state index < -0.39 is 15.9 Å². The SMILES string of the molecule is O=C(CN(Cc1ccccc1)S(=O)(=O)c1ccc(Cl)cc1)Nc1ccc(Cl)cc1. The smallest absolute Gasteiger partial charge is 0.243 e. The summed E-state index contributed by atoms with van der Waals surface area (Å²) in [5.74, 6) is -0.458. The summed E-state index contributed by atoms with van der Waals surface area (Å²) in [5, 5.41) is 3.66. The Bertz CT molecular complexity index is 1070. The van der Waals surface area contributed by atoms with Crippen LogP contribution < -0.4 is 5.32 Å². The van der Waals surface area contributed by atoms with Gasteiger partial charge in [-0.05, 0) is 54.1 Å². The molecule has 0 atom stereocenters. The lowest BCUT2D eigenvalue weighted by Crippen LogP contribution is -2.37. The van der Waals surface area contributed by atoms with Crippen molar-refractivity contribution >= 4 is 44.8 Å². The number of nitrogens with one attached hydrogen (secondary N) is 1. The van der Waals surface area contributed by atoms with Crippen molar-refractivity contribution in [1.29, 1.82) is 0 Å². The van der Waals surface area contributed by atoms with Gasteiger partial charge in [-0.1, -0.05) is 53.5 Å². The number of carbonyl (C=O) groups is 1. The second-order valence-electron chi connectivity index (χ2n) is 6.27. The summed E-state index contributed by atoms with van der Waals surface area (Å²) in [6.45, 7) is -0.289. The molecule has 0 unspecified atom stereocenters. The molecular weight excluding hydrogens is 431 g/mol. The molecule has 0 bridgehead atoms. The predicted octanol–water partition coefficient (Wildman–Crippen LogP) is 4.82. The van der Waals surface area contributed by atoms with Crippen LogP contribution in [0.3, 0.4) is 0 Å². The molecule has 0 saturated heterocycles. The minimum absolute atomic E-state index is 0.0554. The van der Waals surface area contributed by atoms with Gasteiger partial charge in [-0.2, -0.15) is 4.31 Å². The molecule has 1 N–H and O–H groups in total. The number of rotatable bonds is 7. The molecule has 3 rings (SSSR count). The zero-order valence-electron chi connectivity index (χ0n) is 15.3. The lowest BCUT2D eigenvalue weighted by atomic mass is 10.2. The first-order chi connectivity index (χ1) is 13.8. The van der Waals surface area contributed by atoms with Crippen LogP contribution in [-0.2, 0) is 21.4 Å². The van der Waals surface area contributed by atoms with E-state index in [1.54, 1.807) is 24.3 Å². The summed E-state index contributed by atoms with van der Waals surface area (Å²) in [6, 6.07) is 21.5. The lowest BCUT2D eigenvalue weighted by molar-refractivity contribution is -0.116. The molecule has 0 saturated carbocycles. The zero-order valence-corrected chi connectivity index (χ0v) is 17.6. The van der Waals surface area contributed by atoms with Crippen molar-refractivity contribution in [2.75, 3.05) is 11.9 Å². The number of sulfonamides is 1. The molecule has 3 aromatic rings. The van der Waals surface area contributed by atoms with Crippen LogP contribution >= 0.6 is 23.2 Å². The maximum Gasteiger partial charge on any atom is 0.243 e. The Labute approximate surface area is 179 Å². The maximum atomic E-state index is 13.2. The first-order valence-corrected chi connectivity index (χ1v) is 10.9. The van der Waals surface area contributed by atoms with Gasteiger partial charge in [0.2, 0.25) is 15.9 Å². The summed E-state index contributed by atoms with van der Waals surface area (Å²) in [5.41, 5.74) is 1.30. The first-order valence-electron chi connectivity index (χ1n) is 8.70. The van der Waals surface area contributed by atoms with Gasteiger partial charge in [0.05, 0.1) is 11.4 Å². The number of carbonyl (C=O) groups excluding carboxylic acids is 1. The molecule has 29 heavy (non-hydrogen) atoms. The molecule has 0 aromatic heterocycles. The van der Waals surface area contributed by atoms with Crippen molar-refractivity contribution in [3.8, 4) is 0 Å². The molecule has 5 nitrogen and oxygen atoms in total. The van der Waals surface area contributed by atoms with Crippen LogP contribution in [0.2, 0.25) is 10.0 Å². The molecule has 0 aliphatic rings. The second-order valence-corrected chi connectivity index (χ2v) is 9.08. The third-order valence-corrected chi connectivity index (χ3v) is 6.41. The topological polar surface area (TPSA) is 66.5 Å². The number of hydrogen-bond donors (Lipinski definition) is 1. The third kappa shape index (κ3) is 5.81. The van der Waals surface area contributed by atoms with E-state index in [9.17, 15) is 13.2 Å². The molecule has 8 heteroatoms. The van der Waals surface area contributed by atoms with Crippen molar-refractivity contribution < 1.29 is 13.2 Å². The lowest BCUT2D eigenvalue weighted by Gasteiger charge is -2.22.